The molecule has 0 amide bonds. The molecule has 146 valence electrons. The average molecular weight is 401 g/mol. The SMILES string of the molecule is CN=C(NCCc1ccccc1Cl)NCc1cccnc1OCC(F)(F)F. The normalized spacial score (nSPS) is 12.0. The Morgan fingerprint density at radius 1 is 1.15 bits per heavy atom. The van der Waals surface area contributed by atoms with E-state index in [0.29, 0.717) is 29.5 Å². The van der Waals surface area contributed by atoms with Crippen molar-refractivity contribution in [3.05, 3.63) is 58.7 Å². The molecular weight excluding hydrogens is 381 g/mol. The number of nitrogens with one attached hydrogen (secondary N) is 2. The van der Waals surface area contributed by atoms with Crippen LogP contribution in [0.25, 0.3) is 0 Å². The van der Waals surface area contributed by atoms with Crippen LogP contribution in [0, 0.1) is 0 Å². The van der Waals surface area contributed by atoms with Gasteiger partial charge in [-0.25, -0.2) is 4.98 Å². The second-order valence-electron chi connectivity index (χ2n) is 5.57. The predicted molar refractivity (Wildman–Crippen MR) is 99.1 cm³/mol. The summed E-state index contributed by atoms with van der Waals surface area (Å²) in [6, 6.07) is 10.8. The Kier molecular flexibility index (Phi) is 7.72. The zero-order chi connectivity index (χ0) is 19.7. The lowest BCUT2D eigenvalue weighted by molar-refractivity contribution is -0.154. The van der Waals surface area contributed by atoms with Gasteiger partial charge in [-0.15, -0.1) is 0 Å². The van der Waals surface area contributed by atoms with Crippen molar-refractivity contribution in [2.45, 2.75) is 19.1 Å². The Balaban J connectivity index is 1.86. The first-order chi connectivity index (χ1) is 12.9. The third-order valence-corrected chi connectivity index (χ3v) is 3.91. The fourth-order valence-corrected chi connectivity index (χ4v) is 2.49. The molecule has 0 aliphatic carbocycles. The number of guanidine groups is 1. The Labute approximate surface area is 160 Å². The molecule has 5 nitrogen and oxygen atoms in total. The molecule has 1 heterocycles. The molecule has 0 spiro atoms. The first-order valence-corrected chi connectivity index (χ1v) is 8.58. The number of ether oxygens (including phenoxy) is 1. The summed E-state index contributed by atoms with van der Waals surface area (Å²) < 4.78 is 41.8. The zero-order valence-corrected chi connectivity index (χ0v) is 15.4. The summed E-state index contributed by atoms with van der Waals surface area (Å²) in [7, 11) is 1.61. The number of halogens is 4. The van der Waals surface area contributed by atoms with E-state index in [1.54, 1.807) is 19.2 Å². The maximum atomic E-state index is 12.3. The van der Waals surface area contributed by atoms with Gasteiger partial charge in [0.2, 0.25) is 5.88 Å². The molecule has 1 aromatic carbocycles. The van der Waals surface area contributed by atoms with Gasteiger partial charge in [0.15, 0.2) is 12.6 Å². The number of rotatable bonds is 7. The van der Waals surface area contributed by atoms with E-state index in [-0.39, 0.29) is 12.4 Å². The highest BCUT2D eigenvalue weighted by atomic mass is 35.5. The number of benzene rings is 1. The third-order valence-electron chi connectivity index (χ3n) is 3.54. The monoisotopic (exact) mass is 400 g/mol. The highest BCUT2D eigenvalue weighted by Gasteiger charge is 2.29. The Morgan fingerprint density at radius 3 is 2.59 bits per heavy atom. The molecule has 0 saturated carbocycles. The average Bonchev–Trinajstić information content (AvgIpc) is 2.64. The van der Waals surface area contributed by atoms with E-state index in [1.165, 1.54) is 6.20 Å². The predicted octanol–water partition coefficient (Wildman–Crippen LogP) is 3.58. The van der Waals surface area contributed by atoms with Gasteiger partial charge in [0, 0.05) is 36.9 Å². The van der Waals surface area contributed by atoms with Crippen molar-refractivity contribution >= 4 is 17.6 Å². The van der Waals surface area contributed by atoms with Gasteiger partial charge in [0.1, 0.15) is 0 Å². The van der Waals surface area contributed by atoms with E-state index in [1.807, 2.05) is 24.3 Å². The van der Waals surface area contributed by atoms with Crippen LogP contribution in [0.5, 0.6) is 5.88 Å². The number of alkyl halides is 3. The largest absolute Gasteiger partial charge is 0.468 e. The third kappa shape index (κ3) is 7.34. The number of hydrogen-bond donors (Lipinski definition) is 2. The van der Waals surface area contributed by atoms with Gasteiger partial charge in [0.05, 0.1) is 0 Å². The maximum absolute atomic E-state index is 12.3. The highest BCUT2D eigenvalue weighted by molar-refractivity contribution is 6.31. The molecule has 9 heteroatoms. The molecule has 27 heavy (non-hydrogen) atoms. The molecule has 0 saturated heterocycles. The summed E-state index contributed by atoms with van der Waals surface area (Å²) >= 11 is 6.12. The van der Waals surface area contributed by atoms with Crippen LogP contribution in [-0.4, -0.2) is 37.3 Å². The number of aromatic nitrogens is 1. The number of hydrogen-bond acceptors (Lipinski definition) is 3. The van der Waals surface area contributed by atoms with Crippen molar-refractivity contribution in [1.29, 1.82) is 0 Å². The van der Waals surface area contributed by atoms with Gasteiger partial charge in [-0.3, -0.25) is 4.99 Å². The van der Waals surface area contributed by atoms with E-state index in [9.17, 15) is 13.2 Å². The van der Waals surface area contributed by atoms with Crippen LogP contribution in [0.4, 0.5) is 13.2 Å². The lowest BCUT2D eigenvalue weighted by atomic mass is 10.1. The molecule has 0 atom stereocenters. The quantitative estimate of drug-likeness (QED) is 0.551. The molecule has 0 radical (unpaired) electrons. The molecule has 2 aromatic rings. The van der Waals surface area contributed by atoms with Crippen LogP contribution >= 0.6 is 11.6 Å². The number of aliphatic imine (C=N–C) groups is 1. The fourth-order valence-electron chi connectivity index (χ4n) is 2.26. The van der Waals surface area contributed by atoms with E-state index in [2.05, 4.69) is 20.6 Å². The molecule has 0 unspecified atom stereocenters. The van der Waals surface area contributed by atoms with Crippen LogP contribution in [0.2, 0.25) is 5.02 Å². The van der Waals surface area contributed by atoms with E-state index in [4.69, 9.17) is 16.3 Å². The molecular formula is C18H20ClF3N4O. The van der Waals surface area contributed by atoms with Crippen molar-refractivity contribution in [3.8, 4) is 5.88 Å². The van der Waals surface area contributed by atoms with Gasteiger partial charge in [-0.2, -0.15) is 13.2 Å². The zero-order valence-electron chi connectivity index (χ0n) is 14.7. The van der Waals surface area contributed by atoms with Crippen molar-refractivity contribution in [2.75, 3.05) is 20.2 Å². The van der Waals surface area contributed by atoms with Crippen molar-refractivity contribution in [3.63, 3.8) is 0 Å². The van der Waals surface area contributed by atoms with E-state index < -0.39 is 12.8 Å². The Morgan fingerprint density at radius 2 is 1.89 bits per heavy atom. The maximum Gasteiger partial charge on any atom is 0.422 e. The summed E-state index contributed by atoms with van der Waals surface area (Å²) in [6.07, 6.45) is -2.34. The van der Waals surface area contributed by atoms with Gasteiger partial charge in [0.25, 0.3) is 0 Å². The van der Waals surface area contributed by atoms with Crippen LogP contribution in [-0.2, 0) is 13.0 Å². The van der Waals surface area contributed by atoms with Gasteiger partial charge in [-0.1, -0.05) is 35.9 Å². The molecule has 0 aliphatic heterocycles. The number of nitrogens with zero attached hydrogens (tertiary/aromatic N) is 2. The minimum Gasteiger partial charge on any atom is -0.468 e. The first kappa shape index (κ1) is 20.8. The topological polar surface area (TPSA) is 58.5 Å². The molecule has 0 fully saturated rings. The molecule has 0 aliphatic rings. The standard InChI is InChI=1S/C18H20ClF3N4O/c1-23-17(25-10-8-13-5-2-3-7-15(13)19)26-11-14-6-4-9-24-16(14)27-12-18(20,21)22/h2-7,9H,8,10-12H2,1H3,(H2,23,25,26). The molecule has 0 bridgehead atoms. The van der Waals surface area contributed by atoms with Crippen molar-refractivity contribution in [1.82, 2.24) is 15.6 Å². The Bertz CT molecular complexity index is 768. The fraction of sp³-hybridized carbons (Fsp3) is 0.333. The Hall–Kier alpha value is -2.48. The highest BCUT2D eigenvalue weighted by Crippen LogP contribution is 2.20. The molecule has 2 N–H and O–H groups in total. The van der Waals surface area contributed by atoms with Crippen LogP contribution in [0.15, 0.2) is 47.6 Å². The van der Waals surface area contributed by atoms with Gasteiger partial charge >= 0.3 is 6.18 Å². The minimum atomic E-state index is -4.42. The van der Waals surface area contributed by atoms with Crippen LogP contribution in [0.1, 0.15) is 11.1 Å². The summed E-state index contributed by atoms with van der Waals surface area (Å²) in [4.78, 5) is 7.95. The second kappa shape index (κ2) is 10.0. The summed E-state index contributed by atoms with van der Waals surface area (Å²) in [6.45, 7) is -0.581. The van der Waals surface area contributed by atoms with Crippen LogP contribution < -0.4 is 15.4 Å². The summed E-state index contributed by atoms with van der Waals surface area (Å²) in [5.74, 6) is 0.446. The number of pyridine rings is 1. The lowest BCUT2D eigenvalue weighted by Crippen LogP contribution is -2.38. The smallest absolute Gasteiger partial charge is 0.422 e. The summed E-state index contributed by atoms with van der Waals surface area (Å²) in [5.41, 5.74) is 1.51. The second-order valence-corrected chi connectivity index (χ2v) is 5.97. The lowest BCUT2D eigenvalue weighted by Gasteiger charge is -2.15. The van der Waals surface area contributed by atoms with E-state index >= 15 is 0 Å². The van der Waals surface area contributed by atoms with Gasteiger partial charge < -0.3 is 15.4 Å². The van der Waals surface area contributed by atoms with Gasteiger partial charge in [-0.05, 0) is 24.1 Å². The first-order valence-electron chi connectivity index (χ1n) is 8.20. The minimum absolute atomic E-state index is 0.0613. The van der Waals surface area contributed by atoms with E-state index in [0.717, 1.165) is 5.56 Å². The van der Waals surface area contributed by atoms with Crippen molar-refractivity contribution < 1.29 is 17.9 Å². The van der Waals surface area contributed by atoms with Crippen LogP contribution in [0.3, 0.4) is 0 Å². The molecule has 1 aromatic heterocycles. The van der Waals surface area contributed by atoms with Crippen molar-refractivity contribution in [2.24, 2.45) is 4.99 Å². The molecule has 2 rings (SSSR count). The summed E-state index contributed by atoms with van der Waals surface area (Å²) in [5, 5.41) is 6.86.